The van der Waals surface area contributed by atoms with Gasteiger partial charge in [-0.1, -0.05) is 51.1 Å². The summed E-state index contributed by atoms with van der Waals surface area (Å²) >= 11 is 3.62. The highest BCUT2D eigenvalue weighted by Gasteiger charge is 2.30. The standard InChI is InChI=1S/C23H27BrN2O4/c1-14(9-8-12-16(22(27)28)23(2,3)4)29-20-17-18(24)19(15-10-6-5-7-11-15)30-21(17)26-13-25-20/h5-7,10-11,13-14,16H,8-9,12H2,1-4H3,(H,27,28)/t14-,16?/m1/s1. The third-order valence-electron chi connectivity index (χ3n) is 5.19. The second-order valence-corrected chi connectivity index (χ2v) is 9.38. The number of fused-ring (bicyclic) bond motifs is 1. The van der Waals surface area contributed by atoms with Gasteiger partial charge in [0.1, 0.15) is 11.7 Å². The van der Waals surface area contributed by atoms with E-state index in [9.17, 15) is 9.90 Å². The number of nitrogens with zero attached hydrogens (tertiary/aromatic N) is 2. The van der Waals surface area contributed by atoms with Crippen LogP contribution in [-0.2, 0) is 4.79 Å². The van der Waals surface area contributed by atoms with Crippen molar-refractivity contribution in [2.24, 2.45) is 11.3 Å². The van der Waals surface area contributed by atoms with Gasteiger partial charge in [0.15, 0.2) is 5.76 Å². The lowest BCUT2D eigenvalue weighted by Gasteiger charge is -2.27. The average Bonchev–Trinajstić information content (AvgIpc) is 3.02. The van der Waals surface area contributed by atoms with Crippen molar-refractivity contribution in [1.82, 2.24) is 9.97 Å². The fraction of sp³-hybridized carbons (Fsp3) is 0.435. The summed E-state index contributed by atoms with van der Waals surface area (Å²) in [6.07, 6.45) is 3.39. The zero-order valence-electron chi connectivity index (χ0n) is 17.7. The van der Waals surface area contributed by atoms with Crippen LogP contribution < -0.4 is 4.74 Å². The van der Waals surface area contributed by atoms with Gasteiger partial charge in [-0.15, -0.1) is 0 Å². The van der Waals surface area contributed by atoms with Crippen LogP contribution >= 0.6 is 15.9 Å². The van der Waals surface area contributed by atoms with Gasteiger partial charge in [0.05, 0.1) is 16.5 Å². The van der Waals surface area contributed by atoms with Gasteiger partial charge < -0.3 is 14.3 Å². The maximum absolute atomic E-state index is 11.6. The van der Waals surface area contributed by atoms with E-state index in [2.05, 4.69) is 25.9 Å². The first-order valence-electron chi connectivity index (χ1n) is 10.1. The van der Waals surface area contributed by atoms with Crippen molar-refractivity contribution < 1.29 is 19.1 Å². The molecule has 0 aliphatic heterocycles. The largest absolute Gasteiger partial charge is 0.481 e. The summed E-state index contributed by atoms with van der Waals surface area (Å²) in [6.45, 7) is 7.85. The lowest BCUT2D eigenvalue weighted by Crippen LogP contribution is -2.28. The van der Waals surface area contributed by atoms with Crippen molar-refractivity contribution in [3.8, 4) is 17.2 Å². The van der Waals surface area contributed by atoms with Gasteiger partial charge in [0, 0.05) is 5.56 Å². The van der Waals surface area contributed by atoms with Crippen LogP contribution in [0, 0.1) is 11.3 Å². The Hall–Kier alpha value is -2.41. The lowest BCUT2D eigenvalue weighted by atomic mass is 9.78. The molecular formula is C23H27BrN2O4. The van der Waals surface area contributed by atoms with Gasteiger partial charge >= 0.3 is 5.97 Å². The molecule has 1 N–H and O–H groups in total. The van der Waals surface area contributed by atoms with E-state index in [1.54, 1.807) is 0 Å². The highest BCUT2D eigenvalue weighted by molar-refractivity contribution is 9.10. The number of carbonyl (C=O) groups is 1. The topological polar surface area (TPSA) is 85.5 Å². The number of carboxylic acid groups (broad SMARTS) is 1. The number of halogens is 1. The number of furan rings is 1. The molecule has 3 rings (SSSR count). The summed E-state index contributed by atoms with van der Waals surface area (Å²) in [4.78, 5) is 20.1. The first-order chi connectivity index (χ1) is 14.2. The van der Waals surface area contributed by atoms with Gasteiger partial charge in [-0.05, 0) is 47.5 Å². The Morgan fingerprint density at radius 3 is 2.53 bits per heavy atom. The number of aliphatic carboxylic acids is 1. The molecule has 0 radical (unpaired) electrons. The van der Waals surface area contributed by atoms with E-state index in [1.807, 2.05) is 58.0 Å². The minimum Gasteiger partial charge on any atom is -0.481 e. The second kappa shape index (κ2) is 9.16. The smallest absolute Gasteiger partial charge is 0.307 e. The number of carboxylic acids is 1. The van der Waals surface area contributed by atoms with Crippen LogP contribution in [0.1, 0.15) is 47.0 Å². The molecule has 0 aliphatic rings. The third kappa shape index (κ3) is 5.01. The van der Waals surface area contributed by atoms with E-state index in [-0.39, 0.29) is 17.4 Å². The molecular weight excluding hydrogens is 448 g/mol. The number of aromatic nitrogens is 2. The van der Waals surface area contributed by atoms with E-state index < -0.39 is 5.97 Å². The van der Waals surface area contributed by atoms with Crippen LogP contribution in [0.15, 0.2) is 45.5 Å². The zero-order valence-corrected chi connectivity index (χ0v) is 19.3. The molecule has 3 aromatic rings. The van der Waals surface area contributed by atoms with Crippen molar-refractivity contribution in [1.29, 1.82) is 0 Å². The molecule has 0 aliphatic carbocycles. The molecule has 0 amide bonds. The minimum absolute atomic E-state index is 0.125. The van der Waals surface area contributed by atoms with E-state index >= 15 is 0 Å². The van der Waals surface area contributed by atoms with Crippen LogP contribution in [0.2, 0.25) is 0 Å². The first-order valence-corrected chi connectivity index (χ1v) is 10.9. The molecule has 160 valence electrons. The summed E-state index contributed by atoms with van der Waals surface area (Å²) in [5, 5.41) is 10.2. The van der Waals surface area contributed by atoms with Crippen molar-refractivity contribution in [3.05, 3.63) is 41.1 Å². The Morgan fingerprint density at radius 1 is 1.20 bits per heavy atom. The van der Waals surface area contributed by atoms with Gasteiger partial charge in [-0.25, -0.2) is 9.97 Å². The molecule has 0 fully saturated rings. The molecule has 30 heavy (non-hydrogen) atoms. The monoisotopic (exact) mass is 474 g/mol. The molecule has 2 aromatic heterocycles. The molecule has 0 saturated heterocycles. The lowest BCUT2D eigenvalue weighted by molar-refractivity contribution is -0.145. The van der Waals surface area contributed by atoms with Crippen LogP contribution in [0.25, 0.3) is 22.4 Å². The van der Waals surface area contributed by atoms with Gasteiger partial charge in [0.25, 0.3) is 0 Å². The second-order valence-electron chi connectivity index (χ2n) is 8.59. The predicted molar refractivity (Wildman–Crippen MR) is 119 cm³/mol. The molecule has 1 unspecified atom stereocenters. The molecule has 6 nitrogen and oxygen atoms in total. The van der Waals surface area contributed by atoms with Crippen LogP contribution in [-0.4, -0.2) is 27.1 Å². The molecule has 0 bridgehead atoms. The maximum atomic E-state index is 11.6. The number of hydrogen-bond acceptors (Lipinski definition) is 5. The van der Waals surface area contributed by atoms with Crippen LogP contribution in [0.5, 0.6) is 5.88 Å². The number of benzene rings is 1. The summed E-state index contributed by atoms with van der Waals surface area (Å²) in [7, 11) is 0. The normalized spacial score (nSPS) is 13.9. The zero-order chi connectivity index (χ0) is 21.9. The summed E-state index contributed by atoms with van der Waals surface area (Å²) in [5.74, 6) is 0.00486. The fourth-order valence-corrected chi connectivity index (χ4v) is 4.17. The Kier molecular flexibility index (Phi) is 6.81. The minimum atomic E-state index is -0.746. The molecule has 0 spiro atoms. The summed E-state index contributed by atoms with van der Waals surface area (Å²) in [6, 6.07) is 9.77. The van der Waals surface area contributed by atoms with E-state index in [0.29, 0.717) is 29.2 Å². The number of rotatable bonds is 8. The Morgan fingerprint density at radius 2 is 1.90 bits per heavy atom. The third-order valence-corrected chi connectivity index (χ3v) is 5.95. The molecule has 2 heterocycles. The van der Waals surface area contributed by atoms with E-state index in [1.165, 1.54) is 6.33 Å². The molecule has 2 atom stereocenters. The van der Waals surface area contributed by atoms with Crippen molar-refractivity contribution in [2.45, 2.75) is 53.1 Å². The molecule has 7 heteroatoms. The van der Waals surface area contributed by atoms with Gasteiger partial charge in [-0.2, -0.15) is 0 Å². The van der Waals surface area contributed by atoms with E-state index in [0.717, 1.165) is 22.9 Å². The SMILES string of the molecule is C[C@H](CCCC(C(=O)O)C(C)(C)C)Oc1ncnc2oc(-c3ccccc3)c(Br)c12. The number of ether oxygens (including phenoxy) is 1. The van der Waals surface area contributed by atoms with Gasteiger partial charge in [-0.3, -0.25) is 4.79 Å². The first kappa shape index (κ1) is 22.3. The van der Waals surface area contributed by atoms with Crippen molar-refractivity contribution in [2.75, 3.05) is 0 Å². The molecule has 1 aromatic carbocycles. The van der Waals surface area contributed by atoms with Crippen molar-refractivity contribution >= 4 is 33.0 Å². The van der Waals surface area contributed by atoms with Crippen molar-refractivity contribution in [3.63, 3.8) is 0 Å². The predicted octanol–water partition coefficient (Wildman–Crippen LogP) is 6.34. The fourth-order valence-electron chi connectivity index (χ4n) is 3.52. The average molecular weight is 475 g/mol. The highest BCUT2D eigenvalue weighted by atomic mass is 79.9. The Labute approximate surface area is 184 Å². The summed E-state index contributed by atoms with van der Waals surface area (Å²) < 4.78 is 12.8. The Bertz CT molecular complexity index is 1010. The summed E-state index contributed by atoms with van der Waals surface area (Å²) in [5.41, 5.74) is 1.12. The van der Waals surface area contributed by atoms with E-state index in [4.69, 9.17) is 9.15 Å². The maximum Gasteiger partial charge on any atom is 0.307 e. The quantitative estimate of drug-likeness (QED) is 0.409. The number of hydrogen-bond donors (Lipinski definition) is 1. The molecule has 0 saturated carbocycles. The Balaban J connectivity index is 1.73. The highest BCUT2D eigenvalue weighted by Crippen LogP contribution is 2.40. The van der Waals surface area contributed by atoms with Gasteiger partial charge in [0.2, 0.25) is 11.6 Å². The van der Waals surface area contributed by atoms with Crippen LogP contribution in [0.4, 0.5) is 0 Å². The van der Waals surface area contributed by atoms with Crippen LogP contribution in [0.3, 0.4) is 0 Å².